The van der Waals surface area contributed by atoms with Gasteiger partial charge in [-0.05, 0) is 76.7 Å². The van der Waals surface area contributed by atoms with Gasteiger partial charge >= 0.3 is 5.97 Å². The number of amides is 1. The second-order valence-corrected chi connectivity index (χ2v) is 12.7. The molecule has 14 nitrogen and oxygen atoms in total. The first-order valence-corrected chi connectivity index (χ1v) is 17.3. The Labute approximate surface area is 276 Å². The molecule has 8 N–H and O–H groups in total. The lowest BCUT2D eigenvalue weighted by Gasteiger charge is -2.33. The number of nitrogens with zero attached hydrogens (tertiary/aromatic N) is 5. The summed E-state index contributed by atoms with van der Waals surface area (Å²) < 4.78 is 0. The molecule has 1 saturated heterocycles. The van der Waals surface area contributed by atoms with Gasteiger partial charge in [0.05, 0.1) is 12.1 Å². The number of hydrogen-bond donors (Lipinski definition) is 7. The van der Waals surface area contributed by atoms with E-state index in [-0.39, 0.29) is 24.8 Å². The number of hydrogen-bond acceptors (Lipinski definition) is 11. The molecule has 5 rings (SSSR count). The summed E-state index contributed by atoms with van der Waals surface area (Å²) in [5.41, 5.74) is 6.38. The minimum atomic E-state index is -1.08. The predicted molar refractivity (Wildman–Crippen MR) is 182 cm³/mol. The van der Waals surface area contributed by atoms with Gasteiger partial charge in [-0.15, -0.1) is 0 Å². The third-order valence-corrected chi connectivity index (χ3v) is 9.09. The summed E-state index contributed by atoms with van der Waals surface area (Å²) in [7, 11) is 0. The molecule has 0 bridgehead atoms. The zero-order chi connectivity index (χ0) is 32.8. The zero-order valence-corrected chi connectivity index (χ0v) is 27.3. The molecule has 0 spiro atoms. The van der Waals surface area contributed by atoms with Crippen LogP contribution < -0.4 is 27.0 Å². The number of fused-ring (bicyclic) bond motifs is 1. The molecule has 2 fully saturated rings. The molecule has 256 valence electrons. The molecular formula is C33H51N11O3. The molecule has 1 aliphatic carbocycles. The van der Waals surface area contributed by atoms with Gasteiger partial charge < -0.3 is 37.0 Å². The monoisotopic (exact) mass is 649 g/mol. The fourth-order valence-electron chi connectivity index (χ4n) is 6.30. The Morgan fingerprint density at radius 3 is 2.57 bits per heavy atom. The number of anilines is 2. The van der Waals surface area contributed by atoms with Gasteiger partial charge in [0.15, 0.2) is 5.82 Å². The Kier molecular flexibility index (Phi) is 13.1. The number of benzene rings is 1. The number of carboxylic acids is 1. The molecule has 3 aromatic rings. The van der Waals surface area contributed by atoms with E-state index < -0.39 is 12.0 Å². The molecule has 3 heterocycles. The number of carbonyl (C=O) groups excluding carboxylic acids is 1. The first-order valence-electron chi connectivity index (χ1n) is 17.3. The molecule has 1 saturated carbocycles. The average molecular weight is 650 g/mol. The van der Waals surface area contributed by atoms with E-state index in [0.717, 1.165) is 86.1 Å². The topological polar surface area (TPSA) is 199 Å². The van der Waals surface area contributed by atoms with E-state index in [0.29, 0.717) is 25.6 Å². The van der Waals surface area contributed by atoms with Crippen molar-refractivity contribution in [3.05, 3.63) is 35.9 Å². The molecule has 47 heavy (non-hydrogen) atoms. The van der Waals surface area contributed by atoms with Gasteiger partial charge in [-0.25, -0.2) is 9.97 Å². The molecule has 2 aromatic heterocycles. The van der Waals surface area contributed by atoms with E-state index in [1.807, 2.05) is 24.3 Å². The van der Waals surface area contributed by atoms with Gasteiger partial charge in [0.2, 0.25) is 11.9 Å². The molecule has 0 unspecified atom stereocenters. The van der Waals surface area contributed by atoms with E-state index in [2.05, 4.69) is 36.4 Å². The molecule has 0 radical (unpaired) electrons. The molecular weight excluding hydrogens is 598 g/mol. The Morgan fingerprint density at radius 1 is 0.979 bits per heavy atom. The number of aryl methyl sites for hydroxylation is 1. The third kappa shape index (κ3) is 10.8. The molecule has 1 aliphatic heterocycles. The summed E-state index contributed by atoms with van der Waals surface area (Å²) in [4.78, 5) is 39.5. The minimum Gasteiger partial charge on any atom is -0.480 e. The van der Waals surface area contributed by atoms with Crippen LogP contribution in [0.25, 0.3) is 10.9 Å². The second kappa shape index (κ2) is 17.9. The lowest BCUT2D eigenvalue weighted by Crippen LogP contribution is -2.43. The van der Waals surface area contributed by atoms with Gasteiger partial charge in [-0.3, -0.25) is 14.7 Å². The van der Waals surface area contributed by atoms with Crippen LogP contribution in [-0.4, -0.2) is 97.9 Å². The summed E-state index contributed by atoms with van der Waals surface area (Å²) >= 11 is 0. The van der Waals surface area contributed by atoms with Crippen LogP contribution in [0.3, 0.4) is 0 Å². The maximum atomic E-state index is 12.6. The third-order valence-electron chi connectivity index (χ3n) is 9.09. The van der Waals surface area contributed by atoms with E-state index in [9.17, 15) is 9.59 Å². The van der Waals surface area contributed by atoms with Crippen LogP contribution in [0.1, 0.15) is 82.3 Å². The maximum absolute atomic E-state index is 12.6. The maximum Gasteiger partial charge on any atom is 0.320 e. The lowest BCUT2D eigenvalue weighted by molar-refractivity contribution is -0.139. The highest BCUT2D eigenvalue weighted by atomic mass is 16.4. The molecule has 1 atom stereocenters. The van der Waals surface area contributed by atoms with Crippen LogP contribution in [0.2, 0.25) is 0 Å². The van der Waals surface area contributed by atoms with Crippen LogP contribution in [0.4, 0.5) is 11.8 Å². The largest absolute Gasteiger partial charge is 0.480 e. The first-order chi connectivity index (χ1) is 22.9. The van der Waals surface area contributed by atoms with E-state index >= 15 is 0 Å². The van der Waals surface area contributed by atoms with E-state index in [4.69, 9.17) is 20.8 Å². The number of nitrogens with two attached hydrogens (primary N) is 1. The highest BCUT2D eigenvalue weighted by Crippen LogP contribution is 2.25. The second-order valence-electron chi connectivity index (χ2n) is 12.7. The van der Waals surface area contributed by atoms with Crippen molar-refractivity contribution in [2.45, 2.75) is 102 Å². The van der Waals surface area contributed by atoms with Crippen LogP contribution in [0, 0.1) is 0 Å². The number of aromatic nitrogens is 5. The summed E-state index contributed by atoms with van der Waals surface area (Å²) in [5.74, 6) is 1.63. The average Bonchev–Trinajstić information content (AvgIpc) is 3.55. The lowest BCUT2D eigenvalue weighted by atomic mass is 9.95. The number of piperidine rings is 1. The number of carboxylic acid groups (broad SMARTS) is 1. The normalized spacial score (nSPS) is 16.7. The predicted octanol–water partition coefficient (Wildman–Crippen LogP) is 2.79. The number of nitrogens with one attached hydrogen (secondary N) is 5. The first kappa shape index (κ1) is 34.5. The van der Waals surface area contributed by atoms with Crippen molar-refractivity contribution in [1.29, 1.82) is 0 Å². The van der Waals surface area contributed by atoms with Crippen molar-refractivity contribution in [2.24, 2.45) is 5.73 Å². The van der Waals surface area contributed by atoms with Crippen molar-refractivity contribution >= 4 is 34.5 Å². The fourth-order valence-corrected chi connectivity index (χ4v) is 6.30. The highest BCUT2D eigenvalue weighted by molar-refractivity contribution is 5.90. The quantitative estimate of drug-likeness (QED) is 0.0996. The number of carbonyl (C=O) groups is 2. The number of H-pyrrole nitrogens is 1. The summed E-state index contributed by atoms with van der Waals surface area (Å²) in [5, 5.41) is 31.4. The minimum absolute atomic E-state index is 0.0561. The number of aliphatic carboxylic acids is 1. The van der Waals surface area contributed by atoms with Gasteiger partial charge in [0.25, 0.3) is 0 Å². The number of rotatable bonds is 18. The summed E-state index contributed by atoms with van der Waals surface area (Å²) in [6, 6.07) is 7.73. The standard InChI is InChI=1S/C33H51N11O3/c34-26(32(46)47)13-14-30(45)44-20-15-24(16-21-44)38-31-25-10-4-5-11-27(25)39-33(41-31)37-22-29-40-28(42-43-29)12-6-17-35-18-7-19-36-23-8-2-1-3-9-23/h4-5,10-11,23-24,26,35-36H,1-3,6-9,12-22,34H2,(H,46,47)(H,40,42,43)(H2,37,38,39,41)/t26-/m0/s1. The molecule has 2 aliphatic rings. The smallest absolute Gasteiger partial charge is 0.320 e. The number of para-hydroxylation sites is 1. The van der Waals surface area contributed by atoms with Crippen LogP contribution in [0.15, 0.2) is 24.3 Å². The van der Waals surface area contributed by atoms with Crippen molar-refractivity contribution in [1.82, 2.24) is 40.7 Å². The van der Waals surface area contributed by atoms with Crippen LogP contribution >= 0.6 is 0 Å². The zero-order valence-electron chi connectivity index (χ0n) is 27.3. The molecule has 14 heteroatoms. The van der Waals surface area contributed by atoms with Gasteiger partial charge in [0, 0.05) is 43.4 Å². The van der Waals surface area contributed by atoms with Gasteiger partial charge in [0.1, 0.15) is 17.7 Å². The Bertz CT molecular complexity index is 1420. The molecule has 1 aromatic carbocycles. The number of aromatic amines is 1. The van der Waals surface area contributed by atoms with Gasteiger partial charge in [-0.1, -0.05) is 31.4 Å². The fraction of sp³-hybridized carbons (Fsp3) is 0.636. The Morgan fingerprint density at radius 2 is 1.77 bits per heavy atom. The van der Waals surface area contributed by atoms with Crippen LogP contribution in [-0.2, 0) is 22.6 Å². The van der Waals surface area contributed by atoms with Gasteiger partial charge in [-0.2, -0.15) is 10.1 Å². The highest BCUT2D eigenvalue weighted by Gasteiger charge is 2.25. The molecule has 1 amide bonds. The van der Waals surface area contributed by atoms with Crippen molar-refractivity contribution in [2.75, 3.05) is 43.4 Å². The number of likely N-dealkylation sites (tertiary alicyclic amines) is 1. The summed E-state index contributed by atoms with van der Waals surface area (Å²) in [6.45, 7) is 4.66. The van der Waals surface area contributed by atoms with E-state index in [1.54, 1.807) is 4.90 Å². The SMILES string of the molecule is N[C@@H](CCC(=O)N1CCC(Nc2nc(NCc3nc(CCCNCCCNC4CCCCC4)n[nH]3)nc3ccccc23)CC1)C(=O)O. The van der Waals surface area contributed by atoms with Crippen molar-refractivity contribution in [3.8, 4) is 0 Å². The summed E-state index contributed by atoms with van der Waals surface area (Å²) in [6.07, 6.45) is 11.5. The van der Waals surface area contributed by atoms with E-state index in [1.165, 1.54) is 32.1 Å². The van der Waals surface area contributed by atoms with Crippen molar-refractivity contribution in [3.63, 3.8) is 0 Å². The Hall–Kier alpha value is -3.88. The van der Waals surface area contributed by atoms with Crippen LogP contribution in [0.5, 0.6) is 0 Å². The Balaban J connectivity index is 1.03. The van der Waals surface area contributed by atoms with Crippen molar-refractivity contribution < 1.29 is 14.7 Å².